The molecule has 0 saturated carbocycles. The first-order valence-electron chi connectivity index (χ1n) is 12.5. The Balaban J connectivity index is 1.39. The van der Waals surface area contributed by atoms with Gasteiger partial charge in [-0.15, -0.1) is 0 Å². The molecule has 2 heterocycles. The molecule has 2 aromatic carbocycles. The van der Waals surface area contributed by atoms with Crippen LogP contribution in [0.2, 0.25) is 0 Å². The highest BCUT2D eigenvalue weighted by Gasteiger charge is 2.34. The molecular weight excluding hydrogens is 531 g/mol. The van der Waals surface area contributed by atoms with Crippen molar-refractivity contribution in [3.63, 3.8) is 0 Å². The molecule has 1 amide bonds. The number of hydrogen-bond donors (Lipinski definition) is 1. The fourth-order valence-corrected chi connectivity index (χ4v) is 5.64. The smallest absolute Gasteiger partial charge is 0.383 e. The number of ether oxygens (including phenoxy) is 1. The Hall–Kier alpha value is -3.44. The first-order chi connectivity index (χ1) is 18.5. The molecule has 1 unspecified atom stereocenters. The maximum absolute atomic E-state index is 13.0. The van der Waals surface area contributed by atoms with Crippen molar-refractivity contribution in [3.05, 3.63) is 83.6 Å². The minimum absolute atomic E-state index is 0.00779. The van der Waals surface area contributed by atoms with Crippen LogP contribution < -0.4 is 10.2 Å². The first kappa shape index (κ1) is 28.6. The number of nitrogens with zero attached hydrogens (tertiary/aromatic N) is 2. The predicted octanol–water partition coefficient (Wildman–Crippen LogP) is 5.08. The summed E-state index contributed by atoms with van der Waals surface area (Å²) in [7, 11) is -1.69. The van der Waals surface area contributed by atoms with Gasteiger partial charge in [0, 0.05) is 19.6 Å². The molecule has 3 aromatic rings. The molecule has 1 saturated heterocycles. The Kier molecular flexibility index (Phi) is 8.60. The van der Waals surface area contributed by atoms with E-state index in [0.717, 1.165) is 29.8 Å². The van der Waals surface area contributed by atoms with Crippen LogP contribution in [0.25, 0.3) is 0 Å². The van der Waals surface area contributed by atoms with Gasteiger partial charge in [-0.05, 0) is 53.9 Å². The number of carbonyl (C=O) groups is 1. The van der Waals surface area contributed by atoms with Crippen molar-refractivity contribution in [2.45, 2.75) is 42.8 Å². The summed E-state index contributed by atoms with van der Waals surface area (Å²) in [4.78, 5) is 19.2. The molecule has 208 valence electrons. The van der Waals surface area contributed by atoms with E-state index in [1.807, 2.05) is 6.07 Å². The molecule has 4 rings (SSSR count). The van der Waals surface area contributed by atoms with Crippen molar-refractivity contribution in [2.24, 2.45) is 0 Å². The summed E-state index contributed by atoms with van der Waals surface area (Å²) >= 11 is 0. The van der Waals surface area contributed by atoms with Gasteiger partial charge in [0.25, 0.3) is 0 Å². The third kappa shape index (κ3) is 6.96. The van der Waals surface area contributed by atoms with Gasteiger partial charge in [-0.1, -0.05) is 31.2 Å². The summed E-state index contributed by atoms with van der Waals surface area (Å²) in [5.41, 5.74) is 1.66. The molecule has 1 aliphatic heterocycles. The van der Waals surface area contributed by atoms with Crippen LogP contribution in [0.3, 0.4) is 0 Å². The van der Waals surface area contributed by atoms with Crippen molar-refractivity contribution >= 4 is 27.2 Å². The van der Waals surface area contributed by atoms with Crippen LogP contribution in [-0.4, -0.2) is 51.4 Å². The normalized spacial score (nSPS) is 17.8. The molecule has 1 aliphatic rings. The van der Waals surface area contributed by atoms with E-state index < -0.39 is 21.6 Å². The topological polar surface area (TPSA) is 88.6 Å². The molecule has 1 aromatic heterocycles. The molecule has 1 fully saturated rings. The van der Waals surface area contributed by atoms with Gasteiger partial charge >= 0.3 is 6.18 Å². The van der Waals surface area contributed by atoms with Crippen LogP contribution in [-0.2, 0) is 32.0 Å². The van der Waals surface area contributed by atoms with E-state index in [1.54, 1.807) is 38.4 Å². The third-order valence-electron chi connectivity index (χ3n) is 6.86. The lowest BCUT2D eigenvalue weighted by Crippen LogP contribution is -2.32. The van der Waals surface area contributed by atoms with E-state index >= 15 is 0 Å². The highest BCUT2D eigenvalue weighted by molar-refractivity contribution is 7.91. The van der Waals surface area contributed by atoms with Crippen LogP contribution in [0.1, 0.15) is 36.0 Å². The number of alkyl halides is 3. The zero-order valence-corrected chi connectivity index (χ0v) is 22.4. The van der Waals surface area contributed by atoms with E-state index in [0.29, 0.717) is 24.5 Å². The van der Waals surface area contributed by atoms with Gasteiger partial charge < -0.3 is 15.0 Å². The van der Waals surface area contributed by atoms with Crippen LogP contribution in [0.15, 0.2) is 71.8 Å². The van der Waals surface area contributed by atoms with Crippen LogP contribution in [0.4, 0.5) is 24.7 Å². The van der Waals surface area contributed by atoms with Crippen LogP contribution in [0.5, 0.6) is 0 Å². The number of amides is 1. The number of methoxy groups -OCH3 is 1. The van der Waals surface area contributed by atoms with Crippen LogP contribution in [0, 0.1) is 0 Å². The number of rotatable bonds is 9. The molecule has 2 atom stereocenters. The highest BCUT2D eigenvalue weighted by Crippen LogP contribution is 2.37. The monoisotopic (exact) mass is 561 g/mol. The zero-order chi connectivity index (χ0) is 28.2. The summed E-state index contributed by atoms with van der Waals surface area (Å²) in [5, 5.41) is 2.75. The van der Waals surface area contributed by atoms with Crippen molar-refractivity contribution < 1.29 is 31.1 Å². The van der Waals surface area contributed by atoms with Gasteiger partial charge in [-0.3, -0.25) is 4.79 Å². The maximum atomic E-state index is 13.0. The van der Waals surface area contributed by atoms with E-state index in [2.05, 4.69) is 15.2 Å². The number of halogens is 3. The first-order valence-corrected chi connectivity index (χ1v) is 14.2. The third-order valence-corrected chi connectivity index (χ3v) is 8.61. The van der Waals surface area contributed by atoms with E-state index in [-0.39, 0.29) is 34.9 Å². The Morgan fingerprint density at radius 2 is 1.77 bits per heavy atom. The number of pyridine rings is 1. The predicted molar refractivity (Wildman–Crippen MR) is 143 cm³/mol. The molecular formula is C28H30F3N3O4S. The lowest BCUT2D eigenvalue weighted by atomic mass is 9.95. The van der Waals surface area contributed by atoms with Gasteiger partial charge in [0.2, 0.25) is 5.91 Å². The van der Waals surface area contributed by atoms with Gasteiger partial charge in [0.15, 0.2) is 9.84 Å². The Bertz CT molecular complexity index is 1380. The SMILES string of the molecule is CCS(=O)(=O)c1ccc(CC(=O)Nc2ccc(N3CC(c4ccc(C(F)(F)F)cc4)C[C@H]3COC)cn2)cc1. The summed E-state index contributed by atoms with van der Waals surface area (Å²) in [6, 6.07) is 15.1. The van der Waals surface area contributed by atoms with Crippen molar-refractivity contribution in [1.82, 2.24) is 4.98 Å². The fourth-order valence-electron chi connectivity index (χ4n) is 4.75. The molecule has 7 nitrogen and oxygen atoms in total. The highest BCUT2D eigenvalue weighted by atomic mass is 32.2. The molecule has 0 bridgehead atoms. The van der Waals surface area contributed by atoms with Crippen molar-refractivity contribution in [2.75, 3.05) is 36.2 Å². The summed E-state index contributed by atoms with van der Waals surface area (Å²) in [6.45, 7) is 2.62. The molecule has 0 radical (unpaired) electrons. The van der Waals surface area contributed by atoms with E-state index in [4.69, 9.17) is 4.74 Å². The van der Waals surface area contributed by atoms with Crippen LogP contribution >= 0.6 is 0 Å². The Labute approximate surface area is 225 Å². The second-order valence-corrected chi connectivity index (χ2v) is 11.8. The summed E-state index contributed by atoms with van der Waals surface area (Å²) in [5.74, 6) is 0.122. The standard InChI is InChI=1S/C28H30F3N3O4S/c1-3-39(36,37)25-11-4-19(5-12-25)14-27(35)33-26-13-10-23(16-32-26)34-17-21(15-24(34)18-38-2)20-6-8-22(9-7-20)28(29,30)31/h4-13,16,21,24H,3,14-15,17-18H2,1-2H3,(H,32,33,35)/t21?,24-/m0/s1. The number of sulfone groups is 1. The minimum atomic E-state index is -4.37. The largest absolute Gasteiger partial charge is 0.416 e. The number of hydrogen-bond acceptors (Lipinski definition) is 6. The Morgan fingerprint density at radius 3 is 2.33 bits per heavy atom. The number of carbonyl (C=O) groups excluding carboxylic acids is 1. The second kappa shape index (κ2) is 11.7. The lowest BCUT2D eigenvalue weighted by Gasteiger charge is -2.26. The number of benzene rings is 2. The molecule has 11 heteroatoms. The fraction of sp³-hybridized carbons (Fsp3) is 0.357. The lowest BCUT2D eigenvalue weighted by molar-refractivity contribution is -0.137. The van der Waals surface area contributed by atoms with Gasteiger partial charge in [-0.25, -0.2) is 13.4 Å². The number of aromatic nitrogens is 1. The average Bonchev–Trinajstić information content (AvgIpc) is 3.33. The van der Waals surface area contributed by atoms with Crippen molar-refractivity contribution in [3.8, 4) is 0 Å². The molecule has 0 aliphatic carbocycles. The minimum Gasteiger partial charge on any atom is -0.383 e. The number of anilines is 2. The quantitative estimate of drug-likeness (QED) is 0.392. The number of nitrogens with one attached hydrogen (secondary N) is 1. The maximum Gasteiger partial charge on any atom is 0.416 e. The Morgan fingerprint density at radius 1 is 1.08 bits per heavy atom. The van der Waals surface area contributed by atoms with E-state index in [9.17, 15) is 26.4 Å². The van der Waals surface area contributed by atoms with Crippen molar-refractivity contribution in [1.29, 1.82) is 0 Å². The van der Waals surface area contributed by atoms with Gasteiger partial charge in [-0.2, -0.15) is 13.2 Å². The molecule has 0 spiro atoms. The molecule has 1 N–H and O–H groups in total. The summed E-state index contributed by atoms with van der Waals surface area (Å²) in [6.07, 6.45) is -1.94. The van der Waals surface area contributed by atoms with Gasteiger partial charge in [0.05, 0.1) is 47.2 Å². The second-order valence-electron chi connectivity index (χ2n) is 9.49. The average molecular weight is 562 g/mol. The van der Waals surface area contributed by atoms with Gasteiger partial charge in [0.1, 0.15) is 5.82 Å². The molecule has 39 heavy (non-hydrogen) atoms. The summed E-state index contributed by atoms with van der Waals surface area (Å²) < 4.78 is 68.2. The zero-order valence-electron chi connectivity index (χ0n) is 21.6. The van der Waals surface area contributed by atoms with E-state index in [1.165, 1.54) is 24.3 Å².